The van der Waals surface area contributed by atoms with Crippen molar-refractivity contribution < 1.29 is 14.3 Å². The third kappa shape index (κ3) is 4.61. The predicted octanol–water partition coefficient (Wildman–Crippen LogP) is 3.14. The van der Waals surface area contributed by atoms with E-state index in [1.807, 2.05) is 42.2 Å². The molecule has 4 rings (SSSR count). The van der Waals surface area contributed by atoms with Crippen molar-refractivity contribution in [2.45, 2.75) is 32.6 Å². The molecule has 5 heteroatoms. The van der Waals surface area contributed by atoms with Crippen LogP contribution in [0.4, 0.5) is 0 Å². The molecule has 152 valence electrons. The quantitative estimate of drug-likeness (QED) is 0.850. The Kier molecular flexibility index (Phi) is 5.84. The topological polar surface area (TPSA) is 58.6 Å². The molecule has 2 aliphatic heterocycles. The van der Waals surface area contributed by atoms with Crippen molar-refractivity contribution in [2.75, 3.05) is 26.2 Å². The largest absolute Gasteiger partial charge is 0.493 e. The third-order valence-electron chi connectivity index (χ3n) is 5.84. The molecule has 0 radical (unpaired) electrons. The number of fused-ring (bicyclic) bond motifs is 1. The maximum Gasteiger partial charge on any atom is 0.253 e. The second-order valence-corrected chi connectivity index (χ2v) is 8.04. The van der Waals surface area contributed by atoms with Crippen LogP contribution in [0.15, 0.2) is 42.5 Å². The molecular weight excluding hydrogens is 364 g/mol. The molecule has 2 heterocycles. The molecule has 1 N–H and O–H groups in total. The van der Waals surface area contributed by atoms with Gasteiger partial charge in [0, 0.05) is 31.6 Å². The van der Waals surface area contributed by atoms with E-state index in [1.54, 1.807) is 0 Å². The number of hydrogen-bond donors (Lipinski definition) is 1. The van der Waals surface area contributed by atoms with Crippen LogP contribution in [0.3, 0.4) is 0 Å². The SMILES string of the molecule is Cc1ccc(C(=O)N2CCCC(C(=O)NCCc3ccc4c(c3)CCO4)C2)cc1. The van der Waals surface area contributed by atoms with Crippen LogP contribution in [-0.2, 0) is 17.6 Å². The standard InChI is InChI=1S/C24H28N2O3/c1-17-4-7-19(8-5-17)24(28)26-13-2-3-21(16-26)23(27)25-12-10-18-6-9-22-20(15-18)11-14-29-22/h4-9,15,21H,2-3,10-14,16H2,1H3,(H,25,27). The molecule has 0 spiro atoms. The van der Waals surface area contributed by atoms with Crippen LogP contribution in [0.1, 0.15) is 39.9 Å². The first-order valence-electron chi connectivity index (χ1n) is 10.5. The Hall–Kier alpha value is -2.82. The molecule has 5 nitrogen and oxygen atoms in total. The molecule has 0 aromatic heterocycles. The van der Waals surface area contributed by atoms with Crippen molar-refractivity contribution in [2.24, 2.45) is 5.92 Å². The van der Waals surface area contributed by atoms with E-state index in [-0.39, 0.29) is 17.7 Å². The molecular formula is C24H28N2O3. The van der Waals surface area contributed by atoms with E-state index in [9.17, 15) is 9.59 Å². The number of aryl methyl sites for hydroxylation is 1. The van der Waals surface area contributed by atoms with E-state index in [4.69, 9.17) is 4.74 Å². The summed E-state index contributed by atoms with van der Waals surface area (Å²) >= 11 is 0. The third-order valence-corrected chi connectivity index (χ3v) is 5.84. The summed E-state index contributed by atoms with van der Waals surface area (Å²) in [6.07, 6.45) is 3.46. The summed E-state index contributed by atoms with van der Waals surface area (Å²) in [5.41, 5.74) is 4.30. The molecule has 1 saturated heterocycles. The highest BCUT2D eigenvalue weighted by Crippen LogP contribution is 2.26. The molecule has 2 amide bonds. The minimum atomic E-state index is -0.133. The van der Waals surface area contributed by atoms with Crippen molar-refractivity contribution >= 4 is 11.8 Å². The van der Waals surface area contributed by atoms with Crippen LogP contribution in [0.25, 0.3) is 0 Å². The lowest BCUT2D eigenvalue weighted by Crippen LogP contribution is -2.45. The first-order chi connectivity index (χ1) is 14.1. The maximum atomic E-state index is 12.8. The smallest absolute Gasteiger partial charge is 0.253 e. The summed E-state index contributed by atoms with van der Waals surface area (Å²) < 4.78 is 5.54. The molecule has 1 unspecified atom stereocenters. The van der Waals surface area contributed by atoms with Crippen LogP contribution in [0.5, 0.6) is 5.75 Å². The van der Waals surface area contributed by atoms with Crippen molar-refractivity contribution in [1.29, 1.82) is 0 Å². The van der Waals surface area contributed by atoms with Gasteiger partial charge in [0.1, 0.15) is 5.75 Å². The van der Waals surface area contributed by atoms with Gasteiger partial charge in [-0.15, -0.1) is 0 Å². The Morgan fingerprint density at radius 2 is 2.00 bits per heavy atom. The van der Waals surface area contributed by atoms with E-state index in [2.05, 4.69) is 17.4 Å². The molecule has 2 aliphatic rings. The lowest BCUT2D eigenvalue weighted by molar-refractivity contribution is -0.126. The number of benzene rings is 2. The van der Waals surface area contributed by atoms with Crippen molar-refractivity contribution in [1.82, 2.24) is 10.2 Å². The molecule has 1 atom stereocenters. The highest BCUT2D eigenvalue weighted by molar-refractivity contribution is 5.94. The summed E-state index contributed by atoms with van der Waals surface area (Å²) in [7, 11) is 0. The minimum Gasteiger partial charge on any atom is -0.493 e. The summed E-state index contributed by atoms with van der Waals surface area (Å²) in [6.45, 7) is 4.59. The molecule has 0 saturated carbocycles. The van der Waals surface area contributed by atoms with Crippen LogP contribution < -0.4 is 10.1 Å². The molecule has 2 aromatic carbocycles. The van der Waals surface area contributed by atoms with E-state index in [0.29, 0.717) is 25.2 Å². The zero-order valence-corrected chi connectivity index (χ0v) is 16.9. The van der Waals surface area contributed by atoms with Gasteiger partial charge < -0.3 is 15.0 Å². The summed E-state index contributed by atoms with van der Waals surface area (Å²) in [5, 5.41) is 3.07. The fourth-order valence-corrected chi connectivity index (χ4v) is 4.12. The number of amides is 2. The maximum absolute atomic E-state index is 12.8. The number of likely N-dealkylation sites (tertiary alicyclic amines) is 1. The monoisotopic (exact) mass is 392 g/mol. The second-order valence-electron chi connectivity index (χ2n) is 8.04. The average Bonchev–Trinajstić information content (AvgIpc) is 3.22. The number of carbonyl (C=O) groups is 2. The fraction of sp³-hybridized carbons (Fsp3) is 0.417. The summed E-state index contributed by atoms with van der Waals surface area (Å²) in [4.78, 5) is 27.2. The van der Waals surface area contributed by atoms with E-state index in [1.165, 1.54) is 11.1 Å². The summed E-state index contributed by atoms with van der Waals surface area (Å²) in [5.74, 6) is 0.920. The molecule has 29 heavy (non-hydrogen) atoms. The van der Waals surface area contributed by atoms with Crippen molar-refractivity contribution in [3.63, 3.8) is 0 Å². The number of ether oxygens (including phenoxy) is 1. The fourth-order valence-electron chi connectivity index (χ4n) is 4.12. The number of nitrogens with one attached hydrogen (secondary N) is 1. The number of carbonyl (C=O) groups excluding carboxylic acids is 2. The molecule has 0 aliphatic carbocycles. The lowest BCUT2D eigenvalue weighted by atomic mass is 9.96. The number of hydrogen-bond acceptors (Lipinski definition) is 3. The van der Waals surface area contributed by atoms with Gasteiger partial charge in [-0.3, -0.25) is 9.59 Å². The van der Waals surface area contributed by atoms with Gasteiger partial charge in [0.15, 0.2) is 0 Å². The number of rotatable bonds is 5. The van der Waals surface area contributed by atoms with E-state index < -0.39 is 0 Å². The Bertz CT molecular complexity index is 891. The zero-order chi connectivity index (χ0) is 20.2. The van der Waals surface area contributed by atoms with Crippen LogP contribution in [-0.4, -0.2) is 43.0 Å². The van der Waals surface area contributed by atoms with Gasteiger partial charge in [-0.1, -0.05) is 29.8 Å². The second kappa shape index (κ2) is 8.68. The van der Waals surface area contributed by atoms with Crippen LogP contribution in [0, 0.1) is 12.8 Å². The van der Waals surface area contributed by atoms with E-state index >= 15 is 0 Å². The Balaban J connectivity index is 1.28. The van der Waals surface area contributed by atoms with Gasteiger partial charge in [-0.25, -0.2) is 0 Å². The van der Waals surface area contributed by atoms with Crippen LogP contribution >= 0.6 is 0 Å². The molecule has 1 fully saturated rings. The molecule has 2 aromatic rings. The normalized spacial score (nSPS) is 18.1. The van der Waals surface area contributed by atoms with Crippen molar-refractivity contribution in [3.05, 3.63) is 64.7 Å². The predicted molar refractivity (Wildman–Crippen MR) is 112 cm³/mol. The van der Waals surface area contributed by atoms with Gasteiger partial charge in [-0.2, -0.15) is 0 Å². The van der Waals surface area contributed by atoms with Crippen molar-refractivity contribution in [3.8, 4) is 5.75 Å². The first-order valence-corrected chi connectivity index (χ1v) is 10.5. The Morgan fingerprint density at radius 1 is 1.17 bits per heavy atom. The highest BCUT2D eigenvalue weighted by Gasteiger charge is 2.28. The van der Waals surface area contributed by atoms with E-state index in [0.717, 1.165) is 43.6 Å². The molecule has 0 bridgehead atoms. The van der Waals surface area contributed by atoms with Gasteiger partial charge >= 0.3 is 0 Å². The van der Waals surface area contributed by atoms with Gasteiger partial charge in [0.2, 0.25) is 5.91 Å². The van der Waals surface area contributed by atoms with Gasteiger partial charge in [0.05, 0.1) is 12.5 Å². The van der Waals surface area contributed by atoms with Crippen LogP contribution in [0.2, 0.25) is 0 Å². The van der Waals surface area contributed by atoms with Gasteiger partial charge in [0.25, 0.3) is 5.91 Å². The van der Waals surface area contributed by atoms with Gasteiger partial charge in [-0.05, 0) is 55.5 Å². The number of nitrogens with zero attached hydrogens (tertiary/aromatic N) is 1. The summed E-state index contributed by atoms with van der Waals surface area (Å²) in [6, 6.07) is 13.9. The highest BCUT2D eigenvalue weighted by atomic mass is 16.5. The Labute approximate surface area is 172 Å². The zero-order valence-electron chi connectivity index (χ0n) is 16.9. The Morgan fingerprint density at radius 3 is 2.83 bits per heavy atom. The minimum absolute atomic E-state index is 0.0165. The number of piperidine rings is 1. The lowest BCUT2D eigenvalue weighted by Gasteiger charge is -2.32. The first kappa shape index (κ1) is 19.5. The average molecular weight is 392 g/mol.